The molecule has 2 heteroatoms. The third-order valence-electron chi connectivity index (χ3n) is 9.99. The molecule has 0 aliphatic heterocycles. The number of methoxy groups -OCH3 is 1. The predicted octanol–water partition coefficient (Wildman–Crippen LogP) is 5.21. The summed E-state index contributed by atoms with van der Waals surface area (Å²) in [6.07, 6.45) is 12.6. The molecule has 1 N–H and O–H groups in total. The van der Waals surface area contributed by atoms with Gasteiger partial charge in [0.15, 0.2) is 0 Å². The van der Waals surface area contributed by atoms with Crippen LogP contribution in [0.2, 0.25) is 0 Å². The Morgan fingerprint density at radius 2 is 1.92 bits per heavy atom. The minimum absolute atomic E-state index is 0.338. The van der Waals surface area contributed by atoms with Crippen LogP contribution in [-0.4, -0.2) is 24.4 Å². The summed E-state index contributed by atoms with van der Waals surface area (Å²) in [6, 6.07) is 0. The van der Waals surface area contributed by atoms with Crippen molar-refractivity contribution in [2.45, 2.75) is 77.7 Å². The Bertz CT molecular complexity index is 622. The van der Waals surface area contributed by atoms with Crippen molar-refractivity contribution < 1.29 is 9.84 Å². The summed E-state index contributed by atoms with van der Waals surface area (Å²) in [5.41, 5.74) is 2.19. The van der Waals surface area contributed by atoms with Crippen molar-refractivity contribution in [2.24, 2.45) is 46.3 Å². The molecule has 0 radical (unpaired) electrons. The molecule has 0 aromatic carbocycles. The Morgan fingerprint density at radius 3 is 2.65 bits per heavy atom. The Balaban J connectivity index is 1.50. The van der Waals surface area contributed by atoms with Gasteiger partial charge >= 0.3 is 0 Å². The number of hydrogen-bond acceptors (Lipinski definition) is 2. The smallest absolute Gasteiger partial charge is 0.0622 e. The lowest BCUT2D eigenvalue weighted by atomic mass is 9.43. The van der Waals surface area contributed by atoms with Gasteiger partial charge in [0.25, 0.3) is 0 Å². The van der Waals surface area contributed by atoms with Crippen molar-refractivity contribution in [1.29, 1.82) is 0 Å². The maximum atomic E-state index is 10.8. The first-order chi connectivity index (χ1) is 12.4. The highest BCUT2D eigenvalue weighted by atomic mass is 16.5. The van der Waals surface area contributed by atoms with E-state index in [1.807, 2.05) is 12.7 Å². The zero-order chi connectivity index (χ0) is 18.3. The first kappa shape index (κ1) is 17.7. The maximum Gasteiger partial charge on any atom is 0.0622 e. The topological polar surface area (TPSA) is 29.5 Å². The average molecular weight is 359 g/mol. The first-order valence-corrected chi connectivity index (χ1v) is 11.2. The van der Waals surface area contributed by atoms with E-state index in [1.165, 1.54) is 38.5 Å². The van der Waals surface area contributed by atoms with Crippen molar-refractivity contribution >= 4 is 0 Å². The van der Waals surface area contributed by atoms with E-state index in [4.69, 9.17) is 4.74 Å². The van der Waals surface area contributed by atoms with Gasteiger partial charge in [-0.25, -0.2) is 0 Å². The summed E-state index contributed by atoms with van der Waals surface area (Å²) in [7, 11) is 1.90. The molecule has 0 saturated heterocycles. The number of fused-ring (bicyclic) bond motifs is 7. The highest BCUT2D eigenvalue weighted by molar-refractivity contribution is 5.34. The lowest BCUT2D eigenvalue weighted by molar-refractivity contribution is -0.171. The fourth-order valence-corrected chi connectivity index (χ4v) is 9.10. The van der Waals surface area contributed by atoms with Gasteiger partial charge in [-0.05, 0) is 112 Å². The Kier molecular flexibility index (Phi) is 3.82. The van der Waals surface area contributed by atoms with E-state index in [2.05, 4.69) is 26.8 Å². The van der Waals surface area contributed by atoms with E-state index >= 15 is 0 Å². The van der Waals surface area contributed by atoms with E-state index in [-0.39, 0.29) is 0 Å². The van der Waals surface area contributed by atoms with Crippen LogP contribution >= 0.6 is 0 Å². The normalized spacial score (nSPS) is 59.3. The standard InChI is InChI=1S/C24H38O2/c1-5-19-17-12-18(17)21-16-7-6-15-13-22(2,25)10-11-24(15,14-26-4)20(16)8-9-23(19,21)3/h5,15-18,20-21,25H,6-14H2,1-4H3/t15-,16-,17?,18?,20+,21-,22-,23-,24-/m1/s1. The van der Waals surface area contributed by atoms with Crippen molar-refractivity contribution in [3.05, 3.63) is 11.6 Å². The molecule has 5 rings (SSSR count). The molecule has 0 aromatic heterocycles. The van der Waals surface area contributed by atoms with Crippen LogP contribution in [-0.2, 0) is 4.74 Å². The first-order valence-electron chi connectivity index (χ1n) is 11.2. The molecule has 5 aliphatic carbocycles. The molecule has 9 atom stereocenters. The van der Waals surface area contributed by atoms with Gasteiger partial charge in [-0.2, -0.15) is 0 Å². The number of ether oxygens (including phenoxy) is 1. The fourth-order valence-electron chi connectivity index (χ4n) is 9.10. The summed E-state index contributed by atoms with van der Waals surface area (Å²) < 4.78 is 5.88. The predicted molar refractivity (Wildman–Crippen MR) is 105 cm³/mol. The van der Waals surface area contributed by atoms with Crippen molar-refractivity contribution in [1.82, 2.24) is 0 Å². The van der Waals surface area contributed by atoms with Crippen LogP contribution in [0.15, 0.2) is 11.6 Å². The molecule has 0 spiro atoms. The highest BCUT2D eigenvalue weighted by Crippen LogP contribution is 2.75. The Labute approximate surface area is 159 Å². The lowest BCUT2D eigenvalue weighted by Gasteiger charge is -2.62. The van der Waals surface area contributed by atoms with Crippen LogP contribution in [0.1, 0.15) is 72.1 Å². The van der Waals surface area contributed by atoms with Crippen molar-refractivity contribution in [3.63, 3.8) is 0 Å². The quantitative estimate of drug-likeness (QED) is 0.687. The van der Waals surface area contributed by atoms with Gasteiger partial charge < -0.3 is 9.84 Å². The number of allylic oxidation sites excluding steroid dienone is 2. The Morgan fingerprint density at radius 1 is 1.12 bits per heavy atom. The lowest BCUT2D eigenvalue weighted by Crippen LogP contribution is -2.58. The van der Waals surface area contributed by atoms with Crippen LogP contribution < -0.4 is 0 Å². The highest BCUT2D eigenvalue weighted by Gasteiger charge is 2.69. The summed E-state index contributed by atoms with van der Waals surface area (Å²) in [6.45, 7) is 7.88. The zero-order valence-electron chi connectivity index (χ0n) is 17.3. The molecule has 0 heterocycles. The second kappa shape index (κ2) is 5.60. The van der Waals surface area contributed by atoms with Gasteiger partial charge in [0.2, 0.25) is 0 Å². The molecule has 26 heavy (non-hydrogen) atoms. The minimum Gasteiger partial charge on any atom is -0.390 e. The molecule has 2 nitrogen and oxygen atoms in total. The van der Waals surface area contributed by atoms with Crippen LogP contribution in [0.25, 0.3) is 0 Å². The molecular weight excluding hydrogens is 320 g/mol. The fraction of sp³-hybridized carbons (Fsp3) is 0.917. The molecule has 146 valence electrons. The van der Waals surface area contributed by atoms with Gasteiger partial charge in [0.05, 0.1) is 12.2 Å². The molecule has 5 saturated carbocycles. The van der Waals surface area contributed by atoms with Gasteiger partial charge in [0, 0.05) is 7.11 Å². The van der Waals surface area contributed by atoms with E-state index in [0.29, 0.717) is 16.7 Å². The summed E-state index contributed by atoms with van der Waals surface area (Å²) >= 11 is 0. The maximum absolute atomic E-state index is 10.8. The molecular formula is C24H38O2. The SMILES string of the molecule is CC=C1C2CC2[C@H]2[C@@H]3CC[C@@H]4C[C@](C)(O)CC[C@]4(COC)[C@H]3CC[C@]12C. The van der Waals surface area contributed by atoms with Crippen molar-refractivity contribution in [2.75, 3.05) is 13.7 Å². The van der Waals surface area contributed by atoms with Gasteiger partial charge in [-0.3, -0.25) is 0 Å². The van der Waals surface area contributed by atoms with Crippen LogP contribution in [0.3, 0.4) is 0 Å². The third kappa shape index (κ3) is 2.18. The monoisotopic (exact) mass is 358 g/mol. The number of rotatable bonds is 2. The summed E-state index contributed by atoms with van der Waals surface area (Å²) in [4.78, 5) is 0. The molecule has 5 fully saturated rings. The van der Waals surface area contributed by atoms with Gasteiger partial charge in [0.1, 0.15) is 0 Å². The third-order valence-corrected chi connectivity index (χ3v) is 9.99. The van der Waals surface area contributed by atoms with E-state index < -0.39 is 5.60 Å². The number of hydrogen-bond donors (Lipinski definition) is 1. The zero-order valence-corrected chi connectivity index (χ0v) is 17.3. The van der Waals surface area contributed by atoms with Crippen LogP contribution in [0, 0.1) is 46.3 Å². The minimum atomic E-state index is -0.453. The molecule has 2 unspecified atom stereocenters. The van der Waals surface area contributed by atoms with Gasteiger partial charge in [-0.1, -0.05) is 18.6 Å². The Hall–Kier alpha value is -0.340. The van der Waals surface area contributed by atoms with Crippen molar-refractivity contribution in [3.8, 4) is 0 Å². The van der Waals surface area contributed by atoms with E-state index in [0.717, 1.165) is 49.0 Å². The van der Waals surface area contributed by atoms with E-state index in [1.54, 1.807) is 0 Å². The van der Waals surface area contributed by atoms with Gasteiger partial charge in [-0.15, -0.1) is 0 Å². The van der Waals surface area contributed by atoms with E-state index in [9.17, 15) is 5.11 Å². The molecule has 0 aromatic rings. The molecule has 0 amide bonds. The van der Waals surface area contributed by atoms with Crippen LogP contribution in [0.4, 0.5) is 0 Å². The average Bonchev–Trinajstić information content (AvgIpc) is 3.30. The largest absolute Gasteiger partial charge is 0.390 e. The summed E-state index contributed by atoms with van der Waals surface area (Å²) in [5.74, 6) is 5.23. The molecule has 0 bridgehead atoms. The summed E-state index contributed by atoms with van der Waals surface area (Å²) in [5, 5.41) is 10.8. The number of aliphatic hydroxyl groups is 1. The second-order valence-corrected chi connectivity index (χ2v) is 11.1. The molecule has 5 aliphatic rings. The van der Waals surface area contributed by atoms with Crippen LogP contribution in [0.5, 0.6) is 0 Å². The second-order valence-electron chi connectivity index (χ2n) is 11.1.